The number of anilines is 1. The SMILES string of the molecule is O=C(NCc1ccccc1)c1cc(N[C@H]2CCCC[C@@H]2O)ccn1. The van der Waals surface area contributed by atoms with Crippen molar-refractivity contribution in [1.82, 2.24) is 10.3 Å². The van der Waals surface area contributed by atoms with Gasteiger partial charge in [-0.15, -0.1) is 0 Å². The zero-order valence-electron chi connectivity index (χ0n) is 13.6. The van der Waals surface area contributed by atoms with E-state index in [0.29, 0.717) is 12.2 Å². The molecule has 3 rings (SSSR count). The number of aliphatic hydroxyl groups excluding tert-OH is 1. The van der Waals surface area contributed by atoms with E-state index >= 15 is 0 Å². The van der Waals surface area contributed by atoms with Gasteiger partial charge in [-0.1, -0.05) is 43.2 Å². The number of hydrogen-bond donors (Lipinski definition) is 3. The molecule has 1 saturated carbocycles. The molecule has 1 aromatic heterocycles. The smallest absolute Gasteiger partial charge is 0.270 e. The molecule has 1 fully saturated rings. The second-order valence-corrected chi connectivity index (χ2v) is 6.20. The lowest BCUT2D eigenvalue weighted by Gasteiger charge is -2.29. The number of aliphatic hydroxyl groups is 1. The van der Waals surface area contributed by atoms with Gasteiger partial charge in [-0.2, -0.15) is 0 Å². The molecule has 0 radical (unpaired) electrons. The number of benzene rings is 1. The summed E-state index contributed by atoms with van der Waals surface area (Å²) in [5.74, 6) is -0.202. The Kier molecular flexibility index (Phi) is 5.43. The van der Waals surface area contributed by atoms with Crippen molar-refractivity contribution in [2.24, 2.45) is 0 Å². The van der Waals surface area contributed by atoms with E-state index in [9.17, 15) is 9.90 Å². The minimum absolute atomic E-state index is 0.0429. The topological polar surface area (TPSA) is 74.2 Å². The predicted octanol–water partition coefficient (Wildman–Crippen LogP) is 2.73. The largest absolute Gasteiger partial charge is 0.391 e. The van der Waals surface area contributed by atoms with Crippen molar-refractivity contribution in [1.29, 1.82) is 0 Å². The number of amides is 1. The van der Waals surface area contributed by atoms with Crippen LogP contribution in [0, 0.1) is 0 Å². The summed E-state index contributed by atoms with van der Waals surface area (Å²) in [4.78, 5) is 16.4. The molecule has 5 heteroatoms. The molecule has 1 amide bonds. The van der Waals surface area contributed by atoms with Gasteiger partial charge < -0.3 is 15.7 Å². The molecule has 0 unspecified atom stereocenters. The molecule has 3 N–H and O–H groups in total. The maximum absolute atomic E-state index is 12.3. The van der Waals surface area contributed by atoms with Crippen LogP contribution < -0.4 is 10.6 Å². The monoisotopic (exact) mass is 325 g/mol. The molecule has 5 nitrogen and oxygen atoms in total. The molecule has 2 aromatic rings. The summed E-state index contributed by atoms with van der Waals surface area (Å²) in [6, 6.07) is 13.4. The van der Waals surface area contributed by atoms with Crippen LogP contribution in [-0.2, 0) is 6.54 Å². The van der Waals surface area contributed by atoms with Crippen molar-refractivity contribution < 1.29 is 9.90 Å². The highest BCUT2D eigenvalue weighted by molar-refractivity contribution is 5.93. The van der Waals surface area contributed by atoms with Crippen LogP contribution in [-0.4, -0.2) is 28.1 Å². The number of aromatic nitrogens is 1. The van der Waals surface area contributed by atoms with Crippen molar-refractivity contribution in [2.75, 3.05) is 5.32 Å². The Hall–Kier alpha value is -2.40. The average Bonchev–Trinajstić information content (AvgIpc) is 2.63. The van der Waals surface area contributed by atoms with Crippen molar-refractivity contribution in [3.8, 4) is 0 Å². The summed E-state index contributed by atoms with van der Waals surface area (Å²) < 4.78 is 0. The van der Waals surface area contributed by atoms with Gasteiger partial charge in [-0.05, 0) is 30.5 Å². The van der Waals surface area contributed by atoms with Gasteiger partial charge in [0, 0.05) is 18.4 Å². The van der Waals surface area contributed by atoms with E-state index < -0.39 is 0 Å². The van der Waals surface area contributed by atoms with Crippen LogP contribution in [0.2, 0.25) is 0 Å². The van der Waals surface area contributed by atoms with E-state index in [0.717, 1.165) is 36.9 Å². The van der Waals surface area contributed by atoms with Crippen LogP contribution in [0.3, 0.4) is 0 Å². The fraction of sp³-hybridized carbons (Fsp3) is 0.368. The fourth-order valence-electron chi connectivity index (χ4n) is 3.01. The fourth-order valence-corrected chi connectivity index (χ4v) is 3.01. The third-order valence-corrected chi connectivity index (χ3v) is 4.37. The molecule has 1 aromatic carbocycles. The van der Waals surface area contributed by atoms with Crippen LogP contribution in [0.4, 0.5) is 5.69 Å². The van der Waals surface area contributed by atoms with E-state index in [-0.39, 0.29) is 18.1 Å². The van der Waals surface area contributed by atoms with E-state index in [4.69, 9.17) is 0 Å². The average molecular weight is 325 g/mol. The van der Waals surface area contributed by atoms with Gasteiger partial charge in [0.05, 0.1) is 12.1 Å². The molecule has 1 aliphatic carbocycles. The number of carbonyl (C=O) groups is 1. The van der Waals surface area contributed by atoms with Gasteiger partial charge in [0.15, 0.2) is 0 Å². The molecule has 2 atom stereocenters. The van der Waals surface area contributed by atoms with Crippen molar-refractivity contribution in [2.45, 2.75) is 44.4 Å². The van der Waals surface area contributed by atoms with Crippen molar-refractivity contribution in [3.05, 3.63) is 59.9 Å². The third-order valence-electron chi connectivity index (χ3n) is 4.37. The first kappa shape index (κ1) is 16.5. The first-order valence-electron chi connectivity index (χ1n) is 8.45. The lowest BCUT2D eigenvalue weighted by atomic mass is 9.92. The summed E-state index contributed by atoms with van der Waals surface area (Å²) in [7, 11) is 0. The van der Waals surface area contributed by atoms with Gasteiger partial charge in [0.25, 0.3) is 5.91 Å². The Labute approximate surface area is 142 Å². The van der Waals surface area contributed by atoms with Crippen LogP contribution in [0.1, 0.15) is 41.7 Å². The number of nitrogens with one attached hydrogen (secondary N) is 2. The Balaban J connectivity index is 1.60. The molecule has 126 valence electrons. The first-order valence-corrected chi connectivity index (χ1v) is 8.45. The summed E-state index contributed by atoms with van der Waals surface area (Å²) in [6.07, 6.45) is 5.25. The van der Waals surface area contributed by atoms with Gasteiger partial charge in [0.2, 0.25) is 0 Å². The van der Waals surface area contributed by atoms with Gasteiger partial charge >= 0.3 is 0 Å². The molecule has 24 heavy (non-hydrogen) atoms. The molecular weight excluding hydrogens is 302 g/mol. The van der Waals surface area contributed by atoms with Crippen LogP contribution in [0.15, 0.2) is 48.7 Å². The van der Waals surface area contributed by atoms with Crippen LogP contribution >= 0.6 is 0 Å². The summed E-state index contributed by atoms with van der Waals surface area (Å²) in [5.41, 5.74) is 2.24. The molecule has 0 spiro atoms. The second kappa shape index (κ2) is 7.93. The van der Waals surface area contributed by atoms with E-state index in [1.807, 2.05) is 36.4 Å². The zero-order valence-corrected chi connectivity index (χ0v) is 13.6. The number of nitrogens with zero attached hydrogens (tertiary/aromatic N) is 1. The number of carbonyl (C=O) groups excluding carboxylic acids is 1. The van der Waals surface area contributed by atoms with Crippen LogP contribution in [0.5, 0.6) is 0 Å². The second-order valence-electron chi connectivity index (χ2n) is 6.20. The highest BCUT2D eigenvalue weighted by Gasteiger charge is 2.22. The molecule has 0 aliphatic heterocycles. The molecule has 0 bridgehead atoms. The maximum Gasteiger partial charge on any atom is 0.270 e. The quantitative estimate of drug-likeness (QED) is 0.790. The summed E-state index contributed by atoms with van der Waals surface area (Å²) in [5, 5.41) is 16.3. The predicted molar refractivity (Wildman–Crippen MR) is 93.7 cm³/mol. The normalized spacial score (nSPS) is 20.4. The molecule has 1 heterocycles. The number of rotatable bonds is 5. The lowest BCUT2D eigenvalue weighted by molar-refractivity contribution is 0.0946. The van der Waals surface area contributed by atoms with E-state index in [2.05, 4.69) is 15.6 Å². The van der Waals surface area contributed by atoms with E-state index in [1.165, 1.54) is 0 Å². The van der Waals surface area contributed by atoms with Crippen LogP contribution in [0.25, 0.3) is 0 Å². The minimum Gasteiger partial charge on any atom is -0.391 e. The lowest BCUT2D eigenvalue weighted by Crippen LogP contribution is -2.36. The summed E-state index contributed by atoms with van der Waals surface area (Å²) in [6.45, 7) is 0.473. The molecule has 0 saturated heterocycles. The third kappa shape index (κ3) is 4.32. The highest BCUT2D eigenvalue weighted by atomic mass is 16.3. The first-order chi connectivity index (χ1) is 11.7. The zero-order chi connectivity index (χ0) is 16.8. The molecular formula is C19H23N3O2. The van der Waals surface area contributed by atoms with Gasteiger partial charge in [-0.25, -0.2) is 0 Å². The van der Waals surface area contributed by atoms with Gasteiger partial charge in [-0.3, -0.25) is 9.78 Å². The Morgan fingerprint density at radius 2 is 1.96 bits per heavy atom. The summed E-state index contributed by atoms with van der Waals surface area (Å²) >= 11 is 0. The van der Waals surface area contributed by atoms with Crippen molar-refractivity contribution in [3.63, 3.8) is 0 Å². The molecule has 1 aliphatic rings. The Bertz CT molecular complexity index is 675. The number of hydrogen-bond acceptors (Lipinski definition) is 4. The van der Waals surface area contributed by atoms with E-state index in [1.54, 1.807) is 12.3 Å². The van der Waals surface area contributed by atoms with Gasteiger partial charge in [0.1, 0.15) is 5.69 Å². The highest BCUT2D eigenvalue weighted by Crippen LogP contribution is 2.22. The Morgan fingerprint density at radius 3 is 2.75 bits per heavy atom. The maximum atomic E-state index is 12.3. The standard InChI is InChI=1S/C19H23N3O2/c23-18-9-5-4-8-16(18)22-15-10-11-20-17(12-15)19(24)21-13-14-6-2-1-3-7-14/h1-3,6-7,10-12,16,18,23H,4-5,8-9,13H2,(H,20,22)(H,21,24)/t16-,18-/m0/s1. The van der Waals surface area contributed by atoms with Crippen molar-refractivity contribution >= 4 is 11.6 Å². The number of pyridine rings is 1. The minimum atomic E-state index is -0.331. The Morgan fingerprint density at radius 1 is 1.17 bits per heavy atom.